The summed E-state index contributed by atoms with van der Waals surface area (Å²) in [5.41, 5.74) is -0.115. The fourth-order valence-electron chi connectivity index (χ4n) is 2.15. The predicted octanol–water partition coefficient (Wildman–Crippen LogP) is 3.02. The van der Waals surface area contributed by atoms with Gasteiger partial charge in [-0.2, -0.15) is 11.8 Å². The third-order valence-electron chi connectivity index (χ3n) is 3.55. The van der Waals surface area contributed by atoms with Crippen molar-refractivity contribution in [2.75, 3.05) is 18.1 Å². The molecule has 1 rings (SSSR count). The number of alkyl carbamates (subject to hydrolysis) is 1. The highest BCUT2D eigenvalue weighted by molar-refractivity contribution is 7.99. The van der Waals surface area contributed by atoms with Crippen molar-refractivity contribution in [2.24, 2.45) is 5.41 Å². The summed E-state index contributed by atoms with van der Waals surface area (Å²) >= 11 is 2.00. The molecule has 0 aromatic rings. The number of ether oxygens (including phenoxy) is 1. The van der Waals surface area contributed by atoms with Crippen molar-refractivity contribution in [3.63, 3.8) is 0 Å². The van der Waals surface area contributed by atoms with Gasteiger partial charge in [-0.05, 0) is 45.3 Å². The van der Waals surface area contributed by atoms with Gasteiger partial charge in [-0.1, -0.05) is 13.8 Å². The lowest BCUT2D eigenvalue weighted by Crippen LogP contribution is -2.51. The molecule has 2 unspecified atom stereocenters. The van der Waals surface area contributed by atoms with Crippen LogP contribution in [0.1, 0.15) is 48.0 Å². The summed E-state index contributed by atoms with van der Waals surface area (Å²) in [7, 11) is 0. The molecule has 1 amide bonds. The molecular weight excluding hydrogens is 272 g/mol. The van der Waals surface area contributed by atoms with Gasteiger partial charge < -0.3 is 15.4 Å². The Kier molecular flexibility index (Phi) is 6.20. The van der Waals surface area contributed by atoms with Gasteiger partial charge in [0.05, 0.1) is 0 Å². The molecule has 4 nitrogen and oxygen atoms in total. The Morgan fingerprint density at radius 1 is 1.45 bits per heavy atom. The van der Waals surface area contributed by atoms with Crippen LogP contribution in [0.4, 0.5) is 4.79 Å². The first-order valence-corrected chi connectivity index (χ1v) is 8.56. The number of nitrogens with one attached hydrogen (secondary N) is 2. The van der Waals surface area contributed by atoms with Gasteiger partial charge in [0.25, 0.3) is 0 Å². The highest BCUT2D eigenvalue weighted by Crippen LogP contribution is 2.33. The van der Waals surface area contributed by atoms with E-state index < -0.39 is 5.60 Å². The van der Waals surface area contributed by atoms with E-state index in [0.717, 1.165) is 12.3 Å². The van der Waals surface area contributed by atoms with Gasteiger partial charge in [0.2, 0.25) is 0 Å². The molecule has 20 heavy (non-hydrogen) atoms. The Morgan fingerprint density at radius 2 is 2.10 bits per heavy atom. The number of hydrogen-bond donors (Lipinski definition) is 2. The summed E-state index contributed by atoms with van der Waals surface area (Å²) in [5, 5.41) is 6.46. The Bertz CT molecular complexity index is 326. The molecule has 0 spiro atoms. The smallest absolute Gasteiger partial charge is 0.407 e. The highest BCUT2D eigenvalue weighted by atomic mass is 32.2. The van der Waals surface area contributed by atoms with Crippen LogP contribution < -0.4 is 10.6 Å². The van der Waals surface area contributed by atoms with Crippen LogP contribution in [0.2, 0.25) is 0 Å². The predicted molar refractivity (Wildman–Crippen MR) is 86.3 cm³/mol. The lowest BCUT2D eigenvalue weighted by atomic mass is 9.82. The fourth-order valence-corrected chi connectivity index (χ4v) is 3.79. The molecule has 0 aliphatic carbocycles. The van der Waals surface area contributed by atoms with E-state index in [1.165, 1.54) is 12.2 Å². The Labute approximate surface area is 127 Å². The minimum absolute atomic E-state index is 0.0626. The molecule has 118 valence electrons. The lowest BCUT2D eigenvalue weighted by molar-refractivity contribution is 0.0506. The van der Waals surface area contributed by atoms with Crippen LogP contribution in [0.3, 0.4) is 0 Å². The van der Waals surface area contributed by atoms with Gasteiger partial charge in [-0.3, -0.25) is 0 Å². The minimum Gasteiger partial charge on any atom is -0.444 e. The first-order valence-electron chi connectivity index (χ1n) is 7.41. The van der Waals surface area contributed by atoms with E-state index in [1.807, 2.05) is 39.5 Å². The topological polar surface area (TPSA) is 50.4 Å². The van der Waals surface area contributed by atoms with Crippen molar-refractivity contribution in [1.82, 2.24) is 10.6 Å². The van der Waals surface area contributed by atoms with Crippen LogP contribution in [0.5, 0.6) is 0 Å². The molecule has 2 N–H and O–H groups in total. The molecule has 0 saturated carbocycles. The number of amides is 1. The van der Waals surface area contributed by atoms with E-state index in [1.54, 1.807) is 0 Å². The van der Waals surface area contributed by atoms with Gasteiger partial charge >= 0.3 is 6.09 Å². The quantitative estimate of drug-likeness (QED) is 0.838. The maximum absolute atomic E-state index is 11.7. The van der Waals surface area contributed by atoms with Crippen molar-refractivity contribution in [3.8, 4) is 0 Å². The van der Waals surface area contributed by atoms with Crippen molar-refractivity contribution in [2.45, 2.75) is 65.6 Å². The normalized spacial score (nSPS) is 24.0. The van der Waals surface area contributed by atoms with Crippen LogP contribution in [-0.2, 0) is 4.74 Å². The molecule has 1 saturated heterocycles. The molecule has 0 aromatic heterocycles. The van der Waals surface area contributed by atoms with Crippen LogP contribution in [0.15, 0.2) is 0 Å². The minimum atomic E-state index is -0.445. The van der Waals surface area contributed by atoms with E-state index in [2.05, 4.69) is 24.5 Å². The monoisotopic (exact) mass is 302 g/mol. The number of carbonyl (C=O) groups is 1. The second-order valence-corrected chi connectivity index (χ2v) is 8.47. The highest BCUT2D eigenvalue weighted by Gasteiger charge is 2.32. The second kappa shape index (κ2) is 7.03. The zero-order chi connectivity index (χ0) is 15.4. The molecule has 5 heteroatoms. The summed E-state index contributed by atoms with van der Waals surface area (Å²) in [6.45, 7) is 13.0. The third-order valence-corrected chi connectivity index (χ3v) is 4.61. The zero-order valence-corrected chi connectivity index (χ0v) is 14.5. The molecule has 0 aromatic carbocycles. The summed E-state index contributed by atoms with van der Waals surface area (Å²) in [4.78, 5) is 11.7. The largest absolute Gasteiger partial charge is 0.444 e. The van der Waals surface area contributed by atoms with Gasteiger partial charge in [-0.25, -0.2) is 4.79 Å². The first kappa shape index (κ1) is 17.6. The molecule has 2 atom stereocenters. The Balaban J connectivity index is 2.32. The zero-order valence-electron chi connectivity index (χ0n) is 13.7. The number of thioether (sulfide) groups is 1. The second-order valence-electron chi connectivity index (χ2n) is 7.32. The Hall–Kier alpha value is -0.420. The van der Waals surface area contributed by atoms with Crippen LogP contribution in [-0.4, -0.2) is 41.8 Å². The van der Waals surface area contributed by atoms with E-state index in [4.69, 9.17) is 4.74 Å². The molecule has 0 radical (unpaired) electrons. The van der Waals surface area contributed by atoms with Gasteiger partial charge in [0, 0.05) is 24.4 Å². The summed E-state index contributed by atoms with van der Waals surface area (Å²) in [5.74, 6) is 2.39. The SMILES string of the molecule is CC(CNC1CSCCC1(C)C)NC(=O)OC(C)(C)C. The van der Waals surface area contributed by atoms with Crippen molar-refractivity contribution in [3.05, 3.63) is 0 Å². The summed E-state index contributed by atoms with van der Waals surface area (Å²) in [6.07, 6.45) is 0.896. The van der Waals surface area contributed by atoms with E-state index in [9.17, 15) is 4.79 Å². The molecule has 1 heterocycles. The van der Waals surface area contributed by atoms with E-state index >= 15 is 0 Å². The van der Waals surface area contributed by atoms with Gasteiger partial charge in [-0.15, -0.1) is 0 Å². The lowest BCUT2D eigenvalue weighted by Gasteiger charge is -2.39. The Morgan fingerprint density at radius 3 is 2.65 bits per heavy atom. The van der Waals surface area contributed by atoms with Crippen molar-refractivity contribution >= 4 is 17.9 Å². The maximum Gasteiger partial charge on any atom is 0.407 e. The van der Waals surface area contributed by atoms with Gasteiger partial charge in [0.1, 0.15) is 5.60 Å². The first-order chi connectivity index (χ1) is 9.10. The summed E-state index contributed by atoms with van der Waals surface area (Å²) < 4.78 is 5.26. The molecule has 1 aliphatic rings. The molecule has 1 fully saturated rings. The van der Waals surface area contributed by atoms with Crippen LogP contribution >= 0.6 is 11.8 Å². The van der Waals surface area contributed by atoms with Crippen LogP contribution in [0, 0.1) is 5.41 Å². The fraction of sp³-hybridized carbons (Fsp3) is 0.933. The number of hydrogen-bond acceptors (Lipinski definition) is 4. The molecule has 0 bridgehead atoms. The van der Waals surface area contributed by atoms with Crippen molar-refractivity contribution in [1.29, 1.82) is 0 Å². The third kappa shape index (κ3) is 6.35. The molecular formula is C15H30N2O2S. The average Bonchev–Trinajstić information content (AvgIpc) is 2.24. The standard InChI is InChI=1S/C15H30N2O2S/c1-11(17-13(18)19-14(2,3)4)9-16-12-10-20-8-7-15(12,5)6/h11-12,16H,7-10H2,1-6H3,(H,17,18). The van der Waals surface area contributed by atoms with E-state index in [0.29, 0.717) is 11.5 Å². The number of rotatable bonds is 4. The number of carbonyl (C=O) groups excluding carboxylic acids is 1. The molecule has 1 aliphatic heterocycles. The van der Waals surface area contributed by atoms with E-state index in [-0.39, 0.29) is 12.1 Å². The summed E-state index contributed by atoms with van der Waals surface area (Å²) in [6, 6.07) is 0.566. The van der Waals surface area contributed by atoms with Crippen LogP contribution in [0.25, 0.3) is 0 Å². The van der Waals surface area contributed by atoms with Gasteiger partial charge in [0.15, 0.2) is 0 Å². The maximum atomic E-state index is 11.7. The average molecular weight is 302 g/mol. The van der Waals surface area contributed by atoms with Crippen molar-refractivity contribution < 1.29 is 9.53 Å².